The Morgan fingerprint density at radius 3 is 2.76 bits per heavy atom. The second-order valence-corrected chi connectivity index (χ2v) is 7.22. The summed E-state index contributed by atoms with van der Waals surface area (Å²) >= 11 is 1.75. The van der Waals surface area contributed by atoms with E-state index in [1.807, 2.05) is 12.1 Å². The molecule has 122 valence electrons. The predicted octanol–water partition coefficient (Wildman–Crippen LogP) is 5.13. The number of thiazole rings is 1. The fraction of sp³-hybridized carbons (Fsp3) is 0.100. The zero-order valence-corrected chi connectivity index (χ0v) is 14.5. The molecule has 0 aliphatic rings. The Morgan fingerprint density at radius 2 is 1.92 bits per heavy atom. The number of pyridine rings is 1. The van der Waals surface area contributed by atoms with Crippen molar-refractivity contribution in [2.75, 3.05) is 0 Å². The van der Waals surface area contributed by atoms with E-state index in [-0.39, 0.29) is 0 Å². The molecule has 3 aromatic heterocycles. The van der Waals surface area contributed by atoms with Gasteiger partial charge in [0, 0.05) is 16.8 Å². The van der Waals surface area contributed by atoms with Gasteiger partial charge in [0.1, 0.15) is 17.3 Å². The Morgan fingerprint density at radius 1 is 1.08 bits per heavy atom. The summed E-state index contributed by atoms with van der Waals surface area (Å²) < 4.78 is 22.6. The fourth-order valence-corrected chi connectivity index (χ4v) is 4.59. The summed E-state index contributed by atoms with van der Waals surface area (Å²) in [5, 5.41) is 2.97. The molecule has 0 saturated heterocycles. The van der Waals surface area contributed by atoms with Crippen molar-refractivity contribution in [3.63, 3.8) is 0 Å². The third-order valence-corrected chi connectivity index (χ3v) is 5.87. The first-order valence-corrected chi connectivity index (χ1v) is 8.81. The highest BCUT2D eigenvalue weighted by atomic mass is 32.1. The van der Waals surface area contributed by atoms with Gasteiger partial charge in [-0.25, -0.2) is 0 Å². The van der Waals surface area contributed by atoms with Gasteiger partial charge in [0.2, 0.25) is 17.2 Å². The van der Waals surface area contributed by atoms with Crippen LogP contribution in [-0.2, 0) is 7.05 Å². The van der Waals surface area contributed by atoms with Gasteiger partial charge in [-0.3, -0.25) is 0 Å². The first-order chi connectivity index (χ1) is 12.1. The quantitative estimate of drug-likeness (QED) is 0.310. The maximum Gasteiger partial charge on any atom is 0.270 e. The number of aromatic nitrogens is 2. The molecule has 5 heteroatoms. The van der Waals surface area contributed by atoms with Gasteiger partial charge >= 0.3 is 0 Å². The number of nitrogens with zero attached hydrogens (tertiary/aromatic N) is 2. The minimum atomic E-state index is -0.528. The molecule has 25 heavy (non-hydrogen) atoms. The molecule has 0 fully saturated rings. The molecule has 0 aliphatic heterocycles. The fourth-order valence-electron chi connectivity index (χ4n) is 3.36. The zero-order chi connectivity index (χ0) is 17.1. The highest BCUT2D eigenvalue weighted by Gasteiger charge is 2.22. The summed E-state index contributed by atoms with van der Waals surface area (Å²) in [4.78, 5) is 3.86. The average molecular weight is 349 g/mol. The van der Waals surface area contributed by atoms with Gasteiger partial charge in [-0.2, -0.15) is 13.9 Å². The monoisotopic (exact) mass is 349 g/mol. The number of para-hydroxylation sites is 1. The van der Waals surface area contributed by atoms with Crippen LogP contribution in [0.4, 0.5) is 4.39 Å². The molecular formula is C20H14FN2OS+. The van der Waals surface area contributed by atoms with Crippen LogP contribution in [0, 0.1) is 12.9 Å². The Balaban J connectivity index is 1.82. The van der Waals surface area contributed by atoms with Crippen molar-refractivity contribution < 1.29 is 13.4 Å². The molecule has 0 N–H and O–H groups in total. The highest BCUT2D eigenvalue weighted by molar-refractivity contribution is 7.21. The molecular weight excluding hydrogens is 335 g/mol. The topological polar surface area (TPSA) is 29.9 Å². The van der Waals surface area contributed by atoms with Crippen molar-refractivity contribution >= 4 is 43.6 Å². The molecule has 0 amide bonds. The summed E-state index contributed by atoms with van der Waals surface area (Å²) in [6.07, 6.45) is 0. The van der Waals surface area contributed by atoms with Crippen LogP contribution in [0.1, 0.15) is 5.56 Å². The van der Waals surface area contributed by atoms with E-state index in [1.54, 1.807) is 17.4 Å². The van der Waals surface area contributed by atoms with Gasteiger partial charge in [-0.05, 0) is 42.8 Å². The van der Waals surface area contributed by atoms with Crippen LogP contribution in [0.2, 0.25) is 0 Å². The summed E-state index contributed by atoms with van der Waals surface area (Å²) in [5.41, 5.74) is 4.55. The molecule has 0 atom stereocenters. The molecule has 0 aliphatic carbocycles. The third-order valence-electron chi connectivity index (χ3n) is 4.62. The average Bonchev–Trinajstić information content (AvgIpc) is 3.11. The van der Waals surface area contributed by atoms with Crippen LogP contribution in [0.25, 0.3) is 42.9 Å². The van der Waals surface area contributed by atoms with E-state index in [1.165, 1.54) is 21.3 Å². The van der Waals surface area contributed by atoms with Crippen LogP contribution in [0.5, 0.6) is 0 Å². The molecule has 0 unspecified atom stereocenters. The number of fused-ring (bicyclic) bond motifs is 4. The van der Waals surface area contributed by atoms with Crippen molar-refractivity contribution in [3.05, 3.63) is 60.0 Å². The second-order valence-electron chi connectivity index (χ2n) is 6.19. The number of aryl methyl sites for hydroxylation is 2. The van der Waals surface area contributed by atoms with E-state index in [0.717, 1.165) is 27.5 Å². The summed E-state index contributed by atoms with van der Waals surface area (Å²) in [6, 6.07) is 15.6. The SMILES string of the molecule is Cc1cc2c(cc1-c1sc3ccccc3[n+]1C)oc1nc(F)ccc12. The maximum atomic E-state index is 13.4. The van der Waals surface area contributed by atoms with E-state index >= 15 is 0 Å². The van der Waals surface area contributed by atoms with Gasteiger partial charge in [0.25, 0.3) is 5.01 Å². The molecule has 3 heterocycles. The Labute approximate surface area is 147 Å². The van der Waals surface area contributed by atoms with Gasteiger partial charge in [0.15, 0.2) is 0 Å². The van der Waals surface area contributed by atoms with Crippen LogP contribution in [0.3, 0.4) is 0 Å². The molecule has 3 nitrogen and oxygen atoms in total. The lowest BCUT2D eigenvalue weighted by Crippen LogP contribution is -2.28. The number of rotatable bonds is 1. The Hall–Kier alpha value is -2.79. The van der Waals surface area contributed by atoms with E-state index in [2.05, 4.69) is 47.8 Å². The molecule has 2 aromatic carbocycles. The van der Waals surface area contributed by atoms with E-state index in [9.17, 15) is 4.39 Å². The molecule has 0 spiro atoms. The summed E-state index contributed by atoms with van der Waals surface area (Å²) in [5.74, 6) is -0.528. The van der Waals surface area contributed by atoms with Gasteiger partial charge in [0.05, 0.1) is 5.56 Å². The van der Waals surface area contributed by atoms with Gasteiger partial charge in [-0.1, -0.05) is 23.5 Å². The van der Waals surface area contributed by atoms with E-state index in [4.69, 9.17) is 4.42 Å². The van der Waals surface area contributed by atoms with E-state index in [0.29, 0.717) is 5.71 Å². The third kappa shape index (κ3) is 2.09. The number of halogens is 1. The van der Waals surface area contributed by atoms with Crippen LogP contribution in [-0.4, -0.2) is 4.98 Å². The molecule has 0 saturated carbocycles. The first-order valence-electron chi connectivity index (χ1n) is 7.99. The molecule has 5 rings (SSSR count). The number of benzene rings is 2. The number of hydrogen-bond acceptors (Lipinski definition) is 3. The lowest BCUT2D eigenvalue weighted by atomic mass is 10.1. The Kier molecular flexibility index (Phi) is 2.97. The van der Waals surface area contributed by atoms with E-state index < -0.39 is 5.95 Å². The molecule has 5 aromatic rings. The van der Waals surface area contributed by atoms with Crippen LogP contribution in [0.15, 0.2) is 52.9 Å². The molecule has 0 bridgehead atoms. The summed E-state index contributed by atoms with van der Waals surface area (Å²) in [7, 11) is 2.08. The van der Waals surface area contributed by atoms with Crippen LogP contribution < -0.4 is 4.57 Å². The minimum absolute atomic E-state index is 0.340. The predicted molar refractivity (Wildman–Crippen MR) is 98.2 cm³/mol. The Bertz CT molecular complexity index is 1290. The van der Waals surface area contributed by atoms with Crippen molar-refractivity contribution in [2.24, 2.45) is 7.05 Å². The summed E-state index contributed by atoms with van der Waals surface area (Å²) in [6.45, 7) is 2.09. The first kappa shape index (κ1) is 14.5. The van der Waals surface area contributed by atoms with Gasteiger partial charge < -0.3 is 4.42 Å². The van der Waals surface area contributed by atoms with Crippen molar-refractivity contribution in [2.45, 2.75) is 6.92 Å². The van der Waals surface area contributed by atoms with Crippen molar-refractivity contribution in [3.8, 4) is 10.6 Å². The lowest BCUT2D eigenvalue weighted by molar-refractivity contribution is -0.629. The minimum Gasteiger partial charge on any atom is -0.438 e. The van der Waals surface area contributed by atoms with Crippen molar-refractivity contribution in [1.29, 1.82) is 0 Å². The second kappa shape index (κ2) is 5.10. The standard InChI is InChI=1S/C20H14FN2OS/c1-11-9-14-12-7-8-18(21)22-19(12)24-16(14)10-13(11)20-23(2)15-5-3-4-6-17(15)25-20/h3-10H,1-2H3/q+1. The maximum absolute atomic E-state index is 13.4. The zero-order valence-electron chi connectivity index (χ0n) is 13.7. The smallest absolute Gasteiger partial charge is 0.270 e. The highest BCUT2D eigenvalue weighted by Crippen LogP contribution is 2.36. The number of furan rings is 1. The largest absolute Gasteiger partial charge is 0.438 e. The normalized spacial score (nSPS) is 11.8. The van der Waals surface area contributed by atoms with Crippen LogP contribution >= 0.6 is 11.3 Å². The number of hydrogen-bond donors (Lipinski definition) is 0. The van der Waals surface area contributed by atoms with Crippen molar-refractivity contribution in [1.82, 2.24) is 4.98 Å². The lowest BCUT2D eigenvalue weighted by Gasteiger charge is -2.01. The van der Waals surface area contributed by atoms with Gasteiger partial charge in [-0.15, -0.1) is 0 Å². The molecule has 0 radical (unpaired) electrons.